The van der Waals surface area contributed by atoms with E-state index in [1.165, 1.54) is 0 Å². The normalized spacial score (nSPS) is 20.2. The molecule has 1 aliphatic carbocycles. The van der Waals surface area contributed by atoms with Crippen LogP contribution in [0.15, 0.2) is 42.5 Å². The van der Waals surface area contributed by atoms with Gasteiger partial charge in [0, 0.05) is 32.6 Å². The van der Waals surface area contributed by atoms with Crippen LogP contribution in [0.25, 0.3) is 5.69 Å². The number of para-hydroxylation sites is 1. The number of anilines is 1. The van der Waals surface area contributed by atoms with E-state index in [0.29, 0.717) is 12.3 Å². The summed E-state index contributed by atoms with van der Waals surface area (Å²) in [6, 6.07) is 9.87. The molecule has 25 heavy (non-hydrogen) atoms. The van der Waals surface area contributed by atoms with Gasteiger partial charge in [0.05, 0.1) is 5.69 Å². The molecule has 1 atom stereocenters. The molecule has 1 amide bonds. The van der Waals surface area contributed by atoms with Crippen LogP contribution in [0, 0.1) is 5.92 Å². The van der Waals surface area contributed by atoms with Crippen LogP contribution in [0.4, 0.5) is 5.95 Å². The molecule has 1 aromatic heterocycles. The van der Waals surface area contributed by atoms with Crippen molar-refractivity contribution in [2.75, 3.05) is 31.1 Å². The largest absolute Gasteiger partial charge is 0.339 e. The van der Waals surface area contributed by atoms with E-state index < -0.39 is 0 Å². The molecule has 7 nitrogen and oxygen atoms in total. The lowest BCUT2D eigenvalue weighted by Gasteiger charge is -2.35. The van der Waals surface area contributed by atoms with E-state index in [2.05, 4.69) is 32.6 Å². The number of piperazine rings is 1. The minimum atomic E-state index is 0.263. The van der Waals surface area contributed by atoms with Gasteiger partial charge < -0.3 is 9.80 Å². The number of hydrogen-bond acceptors (Lipinski definition) is 5. The maximum absolute atomic E-state index is 12.5. The van der Waals surface area contributed by atoms with E-state index in [1.807, 2.05) is 35.2 Å². The maximum Gasteiger partial charge on any atom is 0.250 e. The predicted octanol–water partition coefficient (Wildman–Crippen LogP) is 1.67. The first-order chi connectivity index (χ1) is 12.3. The zero-order valence-corrected chi connectivity index (χ0v) is 14.2. The van der Waals surface area contributed by atoms with Crippen LogP contribution in [0.5, 0.6) is 0 Å². The molecule has 1 aliphatic heterocycles. The first-order valence-corrected chi connectivity index (χ1v) is 8.84. The number of carbonyl (C=O) groups excluding carboxylic acids is 1. The van der Waals surface area contributed by atoms with Gasteiger partial charge in [0.2, 0.25) is 11.9 Å². The van der Waals surface area contributed by atoms with Crippen molar-refractivity contribution in [2.24, 2.45) is 5.92 Å². The monoisotopic (exact) mass is 338 g/mol. The van der Waals surface area contributed by atoms with Gasteiger partial charge in [-0.15, -0.1) is 0 Å². The standard InChI is InChI=1S/C18H22N6O/c25-17(14-15-6-4-5-7-15)22-10-12-23(13-11-22)18-19-20-21-24(18)16-8-2-1-3-9-16/h1-4,6,8-9,15H,5,7,10-14H2/t15-/m1/s1. The molecule has 0 bridgehead atoms. The van der Waals surface area contributed by atoms with Crippen molar-refractivity contribution in [3.05, 3.63) is 42.5 Å². The molecule has 0 saturated carbocycles. The van der Waals surface area contributed by atoms with Crippen LogP contribution >= 0.6 is 0 Å². The lowest BCUT2D eigenvalue weighted by atomic mass is 10.0. The van der Waals surface area contributed by atoms with E-state index in [4.69, 9.17) is 0 Å². The molecular formula is C18H22N6O. The smallest absolute Gasteiger partial charge is 0.250 e. The van der Waals surface area contributed by atoms with Crippen LogP contribution < -0.4 is 4.90 Å². The Morgan fingerprint density at radius 2 is 1.92 bits per heavy atom. The molecule has 0 radical (unpaired) electrons. The Morgan fingerprint density at radius 1 is 1.12 bits per heavy atom. The van der Waals surface area contributed by atoms with Gasteiger partial charge in [-0.2, -0.15) is 4.68 Å². The molecule has 0 spiro atoms. The summed E-state index contributed by atoms with van der Waals surface area (Å²) >= 11 is 0. The van der Waals surface area contributed by atoms with Gasteiger partial charge in [-0.1, -0.05) is 35.4 Å². The van der Waals surface area contributed by atoms with Crippen LogP contribution in [0.1, 0.15) is 19.3 Å². The highest BCUT2D eigenvalue weighted by Gasteiger charge is 2.26. The number of allylic oxidation sites excluding steroid dienone is 2. The minimum Gasteiger partial charge on any atom is -0.339 e. The summed E-state index contributed by atoms with van der Waals surface area (Å²) in [4.78, 5) is 16.6. The van der Waals surface area contributed by atoms with E-state index in [0.717, 1.165) is 50.7 Å². The molecule has 7 heteroatoms. The van der Waals surface area contributed by atoms with Crippen LogP contribution in [0.2, 0.25) is 0 Å². The SMILES string of the molecule is O=C(C[C@@H]1C=CCC1)N1CCN(c2nnnn2-c2ccccc2)CC1. The van der Waals surface area contributed by atoms with Gasteiger partial charge in [0.15, 0.2) is 0 Å². The number of carbonyl (C=O) groups is 1. The van der Waals surface area contributed by atoms with Crippen molar-refractivity contribution in [1.82, 2.24) is 25.1 Å². The summed E-state index contributed by atoms with van der Waals surface area (Å²) in [6.45, 7) is 2.94. The fourth-order valence-corrected chi connectivity index (χ4v) is 3.49. The quantitative estimate of drug-likeness (QED) is 0.793. The Kier molecular flexibility index (Phi) is 4.45. The van der Waals surface area contributed by atoms with Crippen LogP contribution in [0.3, 0.4) is 0 Å². The molecule has 130 valence electrons. The van der Waals surface area contributed by atoms with Gasteiger partial charge in [-0.3, -0.25) is 4.79 Å². The highest BCUT2D eigenvalue weighted by molar-refractivity contribution is 5.77. The fourth-order valence-electron chi connectivity index (χ4n) is 3.49. The Bertz CT molecular complexity index is 748. The van der Waals surface area contributed by atoms with Crippen molar-refractivity contribution < 1.29 is 4.79 Å². The second-order valence-electron chi connectivity index (χ2n) is 6.56. The van der Waals surface area contributed by atoms with Crippen LogP contribution in [-0.4, -0.2) is 57.2 Å². The van der Waals surface area contributed by atoms with Crippen molar-refractivity contribution in [3.8, 4) is 5.69 Å². The zero-order chi connectivity index (χ0) is 17.1. The number of hydrogen-bond donors (Lipinski definition) is 0. The molecule has 1 aromatic carbocycles. The van der Waals surface area contributed by atoms with E-state index in [-0.39, 0.29) is 5.91 Å². The molecular weight excluding hydrogens is 316 g/mol. The Hall–Kier alpha value is -2.70. The lowest BCUT2D eigenvalue weighted by Crippen LogP contribution is -2.49. The molecule has 2 aromatic rings. The van der Waals surface area contributed by atoms with E-state index >= 15 is 0 Å². The number of aromatic nitrogens is 4. The summed E-state index contributed by atoms with van der Waals surface area (Å²) in [5.41, 5.74) is 0.939. The van der Waals surface area contributed by atoms with Crippen molar-refractivity contribution in [1.29, 1.82) is 0 Å². The Morgan fingerprint density at radius 3 is 2.64 bits per heavy atom. The summed E-state index contributed by atoms with van der Waals surface area (Å²) in [5.74, 6) is 1.42. The molecule has 4 rings (SSSR count). The predicted molar refractivity (Wildman–Crippen MR) is 94.4 cm³/mol. The first-order valence-electron chi connectivity index (χ1n) is 8.84. The molecule has 1 saturated heterocycles. The Labute approximate surface area is 146 Å². The zero-order valence-electron chi connectivity index (χ0n) is 14.2. The first kappa shape index (κ1) is 15.8. The van der Waals surface area contributed by atoms with Crippen molar-refractivity contribution in [2.45, 2.75) is 19.3 Å². The highest BCUT2D eigenvalue weighted by Crippen LogP contribution is 2.22. The van der Waals surface area contributed by atoms with Gasteiger partial charge in [-0.25, -0.2) is 0 Å². The van der Waals surface area contributed by atoms with Gasteiger partial charge in [-0.05, 0) is 41.3 Å². The molecule has 2 heterocycles. The van der Waals surface area contributed by atoms with Crippen molar-refractivity contribution >= 4 is 11.9 Å². The third kappa shape index (κ3) is 3.40. The van der Waals surface area contributed by atoms with Crippen LogP contribution in [-0.2, 0) is 4.79 Å². The molecule has 2 aliphatic rings. The molecule has 0 N–H and O–H groups in total. The van der Waals surface area contributed by atoms with Gasteiger partial charge >= 0.3 is 0 Å². The topological polar surface area (TPSA) is 67.2 Å². The summed E-state index contributed by atoms with van der Waals surface area (Å²) < 4.78 is 1.75. The average Bonchev–Trinajstić information content (AvgIpc) is 3.34. The fraction of sp³-hybridized carbons (Fsp3) is 0.444. The number of benzene rings is 1. The summed E-state index contributed by atoms with van der Waals surface area (Å²) in [7, 11) is 0. The van der Waals surface area contributed by atoms with Crippen molar-refractivity contribution in [3.63, 3.8) is 0 Å². The van der Waals surface area contributed by atoms with E-state index in [9.17, 15) is 4.79 Å². The number of rotatable bonds is 4. The van der Waals surface area contributed by atoms with E-state index in [1.54, 1.807) is 4.68 Å². The number of tetrazole rings is 1. The Balaban J connectivity index is 1.39. The second kappa shape index (κ2) is 7.04. The maximum atomic E-state index is 12.5. The molecule has 1 fully saturated rings. The molecule has 0 unspecified atom stereocenters. The average molecular weight is 338 g/mol. The third-order valence-electron chi connectivity index (χ3n) is 4.92. The lowest BCUT2D eigenvalue weighted by molar-refractivity contribution is -0.132. The van der Waals surface area contributed by atoms with Gasteiger partial charge in [0.25, 0.3) is 0 Å². The highest BCUT2D eigenvalue weighted by atomic mass is 16.2. The minimum absolute atomic E-state index is 0.263. The number of amides is 1. The summed E-state index contributed by atoms with van der Waals surface area (Å²) in [5, 5.41) is 12.1. The van der Waals surface area contributed by atoms with Gasteiger partial charge in [0.1, 0.15) is 0 Å². The number of nitrogens with zero attached hydrogens (tertiary/aromatic N) is 6. The second-order valence-corrected chi connectivity index (χ2v) is 6.56. The third-order valence-corrected chi connectivity index (χ3v) is 4.92. The summed E-state index contributed by atoms with van der Waals surface area (Å²) in [6.07, 6.45) is 7.21.